The molecule has 102 valence electrons. The third kappa shape index (κ3) is 2.46. The maximum absolute atomic E-state index is 12.6. The molecule has 1 aliphatic rings. The predicted octanol–water partition coefficient (Wildman–Crippen LogP) is 3.77. The maximum atomic E-state index is 12.6. The van der Waals surface area contributed by atoms with Crippen molar-refractivity contribution in [2.75, 3.05) is 11.4 Å². The zero-order chi connectivity index (χ0) is 13.9. The molecule has 0 spiro atoms. The van der Waals surface area contributed by atoms with Gasteiger partial charge in [0, 0.05) is 12.2 Å². The van der Waals surface area contributed by atoms with Crippen LogP contribution in [0.5, 0.6) is 0 Å². The number of benzene rings is 2. The molecule has 2 aromatic rings. The molecule has 0 radical (unpaired) electrons. The first kappa shape index (κ1) is 12.9. The second-order valence-electron chi connectivity index (χ2n) is 5.46. The number of nitrogens with zero attached hydrogens (tertiary/aromatic N) is 1. The molecule has 0 aromatic heterocycles. The van der Waals surface area contributed by atoms with Crippen LogP contribution in [0.2, 0.25) is 0 Å². The Morgan fingerprint density at radius 1 is 1.10 bits per heavy atom. The number of carbonyl (C=O) groups is 1. The molecule has 0 saturated heterocycles. The van der Waals surface area contributed by atoms with Gasteiger partial charge < -0.3 is 4.90 Å². The molecule has 0 saturated carbocycles. The van der Waals surface area contributed by atoms with E-state index in [1.807, 2.05) is 41.3 Å². The van der Waals surface area contributed by atoms with E-state index < -0.39 is 0 Å². The Bertz CT molecular complexity index is 606. The van der Waals surface area contributed by atoms with Crippen molar-refractivity contribution in [3.8, 4) is 0 Å². The fraction of sp³-hybridized carbons (Fsp3) is 0.278. The van der Waals surface area contributed by atoms with Crippen LogP contribution < -0.4 is 4.90 Å². The van der Waals surface area contributed by atoms with Crippen molar-refractivity contribution in [3.63, 3.8) is 0 Å². The van der Waals surface area contributed by atoms with Crippen molar-refractivity contribution in [2.24, 2.45) is 0 Å². The van der Waals surface area contributed by atoms with E-state index in [1.165, 1.54) is 5.56 Å². The summed E-state index contributed by atoms with van der Waals surface area (Å²) in [5.41, 5.74) is 3.46. The highest BCUT2D eigenvalue weighted by Gasteiger charge is 2.25. The summed E-state index contributed by atoms with van der Waals surface area (Å²) in [5.74, 6) is 0.725. The SMILES string of the molecule is CC1CCN(C(=O)Cc2ccccc2)c2ccccc21. The molecule has 1 aliphatic heterocycles. The molecular formula is C18H19NO. The van der Waals surface area contributed by atoms with Gasteiger partial charge in [-0.05, 0) is 29.5 Å². The zero-order valence-electron chi connectivity index (χ0n) is 11.8. The summed E-state index contributed by atoms with van der Waals surface area (Å²) in [6.07, 6.45) is 1.51. The van der Waals surface area contributed by atoms with Crippen LogP contribution in [0, 0.1) is 0 Å². The minimum absolute atomic E-state index is 0.190. The molecule has 0 N–H and O–H groups in total. The molecule has 0 aliphatic carbocycles. The number of rotatable bonds is 2. The van der Waals surface area contributed by atoms with Crippen molar-refractivity contribution < 1.29 is 4.79 Å². The topological polar surface area (TPSA) is 20.3 Å². The van der Waals surface area contributed by atoms with Crippen LogP contribution in [-0.4, -0.2) is 12.5 Å². The number of amides is 1. The van der Waals surface area contributed by atoms with Crippen molar-refractivity contribution in [2.45, 2.75) is 25.7 Å². The summed E-state index contributed by atoms with van der Waals surface area (Å²) >= 11 is 0. The minimum Gasteiger partial charge on any atom is -0.312 e. The quantitative estimate of drug-likeness (QED) is 0.809. The van der Waals surface area contributed by atoms with E-state index in [1.54, 1.807) is 0 Å². The molecule has 2 aromatic carbocycles. The van der Waals surface area contributed by atoms with Gasteiger partial charge in [-0.25, -0.2) is 0 Å². The van der Waals surface area contributed by atoms with Crippen LogP contribution in [0.1, 0.15) is 30.4 Å². The predicted molar refractivity (Wildman–Crippen MR) is 82.0 cm³/mol. The number of para-hydroxylation sites is 1. The Morgan fingerprint density at radius 3 is 2.60 bits per heavy atom. The van der Waals surface area contributed by atoms with E-state index in [9.17, 15) is 4.79 Å². The van der Waals surface area contributed by atoms with Gasteiger partial charge in [-0.1, -0.05) is 55.5 Å². The van der Waals surface area contributed by atoms with Gasteiger partial charge >= 0.3 is 0 Å². The minimum atomic E-state index is 0.190. The highest BCUT2D eigenvalue weighted by molar-refractivity contribution is 5.96. The number of fused-ring (bicyclic) bond motifs is 1. The highest BCUT2D eigenvalue weighted by atomic mass is 16.2. The molecule has 2 nitrogen and oxygen atoms in total. The summed E-state index contributed by atoms with van der Waals surface area (Å²) in [5, 5.41) is 0. The molecule has 2 heteroatoms. The van der Waals surface area contributed by atoms with Crippen LogP contribution in [0.3, 0.4) is 0 Å². The maximum Gasteiger partial charge on any atom is 0.231 e. The van der Waals surface area contributed by atoms with Crippen LogP contribution in [-0.2, 0) is 11.2 Å². The van der Waals surface area contributed by atoms with Crippen LogP contribution in [0.25, 0.3) is 0 Å². The zero-order valence-corrected chi connectivity index (χ0v) is 11.8. The lowest BCUT2D eigenvalue weighted by Crippen LogP contribution is -2.37. The van der Waals surface area contributed by atoms with Crippen molar-refractivity contribution >= 4 is 11.6 Å². The van der Waals surface area contributed by atoms with Crippen LogP contribution in [0.15, 0.2) is 54.6 Å². The molecule has 20 heavy (non-hydrogen) atoms. The first-order valence-corrected chi connectivity index (χ1v) is 7.19. The molecular weight excluding hydrogens is 246 g/mol. The lowest BCUT2D eigenvalue weighted by Gasteiger charge is -2.33. The largest absolute Gasteiger partial charge is 0.312 e. The molecule has 0 bridgehead atoms. The van der Waals surface area contributed by atoms with Crippen molar-refractivity contribution in [3.05, 3.63) is 65.7 Å². The fourth-order valence-electron chi connectivity index (χ4n) is 2.87. The summed E-state index contributed by atoms with van der Waals surface area (Å²) in [4.78, 5) is 14.5. The van der Waals surface area contributed by atoms with E-state index in [0.717, 1.165) is 24.2 Å². The molecule has 1 unspecified atom stereocenters. The van der Waals surface area contributed by atoms with Crippen molar-refractivity contribution in [1.29, 1.82) is 0 Å². The third-order valence-electron chi connectivity index (χ3n) is 4.04. The van der Waals surface area contributed by atoms with E-state index >= 15 is 0 Å². The number of hydrogen-bond acceptors (Lipinski definition) is 1. The summed E-state index contributed by atoms with van der Waals surface area (Å²) < 4.78 is 0. The second-order valence-corrected chi connectivity index (χ2v) is 5.46. The van der Waals surface area contributed by atoms with Gasteiger partial charge in [-0.15, -0.1) is 0 Å². The van der Waals surface area contributed by atoms with Crippen LogP contribution in [0.4, 0.5) is 5.69 Å². The Kier molecular flexibility index (Phi) is 3.55. The van der Waals surface area contributed by atoms with E-state index in [4.69, 9.17) is 0 Å². The van der Waals surface area contributed by atoms with Gasteiger partial charge in [0.1, 0.15) is 0 Å². The van der Waals surface area contributed by atoms with E-state index in [0.29, 0.717) is 12.3 Å². The van der Waals surface area contributed by atoms with Gasteiger partial charge in [0.05, 0.1) is 6.42 Å². The van der Waals surface area contributed by atoms with Gasteiger partial charge in [-0.2, -0.15) is 0 Å². The number of anilines is 1. The normalized spacial score (nSPS) is 17.6. The molecule has 0 fully saturated rings. The summed E-state index contributed by atoms with van der Waals surface area (Å²) in [6, 6.07) is 18.2. The lowest BCUT2D eigenvalue weighted by molar-refractivity contribution is -0.118. The first-order valence-electron chi connectivity index (χ1n) is 7.19. The summed E-state index contributed by atoms with van der Waals surface area (Å²) in [7, 11) is 0. The summed E-state index contributed by atoms with van der Waals surface area (Å²) in [6.45, 7) is 3.06. The van der Waals surface area contributed by atoms with Crippen LogP contribution >= 0.6 is 0 Å². The molecule has 1 amide bonds. The Labute approximate surface area is 120 Å². The van der Waals surface area contributed by atoms with Gasteiger partial charge in [0.25, 0.3) is 0 Å². The van der Waals surface area contributed by atoms with Gasteiger partial charge in [0.15, 0.2) is 0 Å². The van der Waals surface area contributed by atoms with E-state index in [-0.39, 0.29) is 5.91 Å². The second kappa shape index (κ2) is 5.49. The monoisotopic (exact) mass is 265 g/mol. The third-order valence-corrected chi connectivity index (χ3v) is 4.04. The molecule has 1 heterocycles. The lowest BCUT2D eigenvalue weighted by atomic mass is 9.91. The average Bonchev–Trinajstić information content (AvgIpc) is 2.49. The number of hydrogen-bond donors (Lipinski definition) is 0. The molecule has 3 rings (SSSR count). The van der Waals surface area contributed by atoms with Crippen molar-refractivity contribution in [1.82, 2.24) is 0 Å². The average molecular weight is 265 g/mol. The Balaban J connectivity index is 1.84. The fourth-order valence-corrected chi connectivity index (χ4v) is 2.87. The smallest absolute Gasteiger partial charge is 0.231 e. The van der Waals surface area contributed by atoms with E-state index in [2.05, 4.69) is 25.1 Å². The number of carbonyl (C=O) groups excluding carboxylic acids is 1. The van der Waals surface area contributed by atoms with Gasteiger partial charge in [0.2, 0.25) is 5.91 Å². The highest BCUT2D eigenvalue weighted by Crippen LogP contribution is 2.34. The standard InChI is InChI=1S/C18H19NO/c1-14-11-12-19(17-10-6-5-9-16(14)17)18(20)13-15-7-3-2-4-8-15/h2-10,14H,11-13H2,1H3. The Morgan fingerprint density at radius 2 is 1.80 bits per heavy atom. The Hall–Kier alpha value is -2.09. The first-order chi connectivity index (χ1) is 9.75. The molecule has 1 atom stereocenters. The van der Waals surface area contributed by atoms with Gasteiger partial charge in [-0.3, -0.25) is 4.79 Å².